The summed E-state index contributed by atoms with van der Waals surface area (Å²) in [6.45, 7) is 0.431. The Labute approximate surface area is 207 Å². The van der Waals surface area contributed by atoms with Gasteiger partial charge in [0.05, 0.1) is 5.25 Å². The van der Waals surface area contributed by atoms with Crippen molar-refractivity contribution in [3.05, 3.63) is 47.5 Å². The van der Waals surface area contributed by atoms with Gasteiger partial charge in [-0.25, -0.2) is 8.42 Å². The fourth-order valence-electron chi connectivity index (χ4n) is 4.75. The van der Waals surface area contributed by atoms with Crippen LogP contribution in [0.2, 0.25) is 0 Å². The van der Waals surface area contributed by atoms with Crippen molar-refractivity contribution in [2.45, 2.75) is 82.0 Å². The molecule has 1 unspecified atom stereocenters. The zero-order chi connectivity index (χ0) is 25.0. The van der Waals surface area contributed by atoms with Crippen molar-refractivity contribution in [2.24, 2.45) is 17.6 Å². The van der Waals surface area contributed by atoms with Crippen molar-refractivity contribution >= 4 is 27.7 Å². The quantitative estimate of drug-likeness (QED) is 0.336. The molecule has 0 bridgehead atoms. The minimum Gasteiger partial charge on any atom is -0.368 e. The summed E-state index contributed by atoms with van der Waals surface area (Å²) < 4.78 is 25.9. The van der Waals surface area contributed by atoms with Crippen LogP contribution in [0.1, 0.15) is 68.9 Å². The number of hydrogen-bond acceptors (Lipinski definition) is 5. The van der Waals surface area contributed by atoms with Gasteiger partial charge in [-0.2, -0.15) is 0 Å². The zero-order valence-corrected chi connectivity index (χ0v) is 20.8. The average Bonchev–Trinajstić information content (AvgIpc) is 3.73. The summed E-state index contributed by atoms with van der Waals surface area (Å²) in [4.78, 5) is 38.4. The van der Waals surface area contributed by atoms with E-state index < -0.39 is 22.0 Å². The maximum Gasteiger partial charge on any atom is 0.240 e. The number of amides is 3. The second kappa shape index (κ2) is 10.9. The molecule has 0 aromatic heterocycles. The van der Waals surface area contributed by atoms with Gasteiger partial charge in [0.1, 0.15) is 6.04 Å². The fourth-order valence-corrected chi connectivity index (χ4v) is 6.11. The van der Waals surface area contributed by atoms with Crippen LogP contribution in [0.4, 0.5) is 0 Å². The van der Waals surface area contributed by atoms with Crippen LogP contribution in [0, 0.1) is 11.8 Å². The summed E-state index contributed by atoms with van der Waals surface area (Å²) in [5.41, 5.74) is 7.73. The number of fused-ring (bicyclic) bond motifs is 1. The third-order valence-electron chi connectivity index (χ3n) is 7.17. The molecular weight excluding hydrogens is 466 g/mol. The first-order chi connectivity index (χ1) is 16.8. The van der Waals surface area contributed by atoms with Gasteiger partial charge in [0.15, 0.2) is 0 Å². The highest BCUT2D eigenvalue weighted by molar-refractivity contribution is 7.90. The summed E-state index contributed by atoms with van der Waals surface area (Å²) >= 11 is 0. The first-order valence-electron chi connectivity index (χ1n) is 12.6. The molecule has 1 aliphatic heterocycles. The van der Waals surface area contributed by atoms with Gasteiger partial charge in [-0.05, 0) is 55.6 Å². The lowest BCUT2D eigenvalue weighted by atomic mass is 9.93. The molecule has 3 aliphatic rings. The van der Waals surface area contributed by atoms with Crippen molar-refractivity contribution in [2.75, 3.05) is 0 Å². The number of rotatable bonds is 12. The molecule has 0 spiro atoms. The maximum absolute atomic E-state index is 12.8. The van der Waals surface area contributed by atoms with Crippen LogP contribution < -0.4 is 10.5 Å². The van der Waals surface area contributed by atoms with Gasteiger partial charge in [0, 0.05) is 25.3 Å². The van der Waals surface area contributed by atoms with Crippen molar-refractivity contribution in [1.29, 1.82) is 0 Å². The summed E-state index contributed by atoms with van der Waals surface area (Å²) in [5, 5.41) is -0.379. The highest BCUT2D eigenvalue weighted by atomic mass is 32.2. The van der Waals surface area contributed by atoms with E-state index in [9.17, 15) is 22.8 Å². The largest absolute Gasteiger partial charge is 0.368 e. The van der Waals surface area contributed by atoms with E-state index in [-0.39, 0.29) is 28.9 Å². The van der Waals surface area contributed by atoms with Crippen LogP contribution in [-0.4, -0.2) is 42.3 Å². The van der Waals surface area contributed by atoms with Gasteiger partial charge >= 0.3 is 0 Å². The number of carbonyl (C=O) groups excluding carboxylic acids is 3. The molecule has 190 valence electrons. The second-order valence-electron chi connectivity index (χ2n) is 10.0. The molecule has 4 rings (SSSR count). The topological polar surface area (TPSA) is 127 Å². The number of benzene rings is 1. The van der Waals surface area contributed by atoms with E-state index in [2.05, 4.69) is 10.8 Å². The molecule has 2 aliphatic carbocycles. The van der Waals surface area contributed by atoms with Crippen LogP contribution in [-0.2, 0) is 37.4 Å². The van der Waals surface area contributed by atoms with Gasteiger partial charge in [-0.3, -0.25) is 19.1 Å². The predicted octanol–water partition coefficient (Wildman–Crippen LogP) is 2.57. The Morgan fingerprint density at radius 1 is 1.06 bits per heavy atom. The van der Waals surface area contributed by atoms with Crippen LogP contribution in [0.15, 0.2) is 36.4 Å². The van der Waals surface area contributed by atoms with E-state index in [0.29, 0.717) is 38.6 Å². The number of unbranched alkanes of at least 4 members (excludes halogenated alkanes) is 4. The monoisotopic (exact) mass is 501 g/mol. The van der Waals surface area contributed by atoms with E-state index in [1.807, 2.05) is 30.3 Å². The van der Waals surface area contributed by atoms with Gasteiger partial charge in [-0.1, -0.05) is 49.3 Å². The molecule has 1 aromatic carbocycles. The Morgan fingerprint density at radius 2 is 1.77 bits per heavy atom. The lowest BCUT2D eigenvalue weighted by Gasteiger charge is -2.35. The first-order valence-corrected chi connectivity index (χ1v) is 14.2. The molecule has 2 saturated carbocycles. The molecule has 8 nitrogen and oxygen atoms in total. The molecule has 1 heterocycles. The Kier molecular flexibility index (Phi) is 7.94. The van der Waals surface area contributed by atoms with Crippen LogP contribution in [0.25, 0.3) is 0 Å². The summed E-state index contributed by atoms with van der Waals surface area (Å²) in [6, 6.07) is 7.28. The molecule has 9 heteroatoms. The minimum absolute atomic E-state index is 0.0232. The van der Waals surface area contributed by atoms with Crippen molar-refractivity contribution < 1.29 is 22.8 Å². The van der Waals surface area contributed by atoms with Crippen LogP contribution >= 0.6 is 0 Å². The van der Waals surface area contributed by atoms with E-state index in [0.717, 1.165) is 43.2 Å². The molecule has 3 atom stereocenters. The molecule has 3 N–H and O–H groups in total. The number of nitrogens with one attached hydrogen (secondary N) is 1. The Bertz CT molecular complexity index is 1100. The highest BCUT2D eigenvalue weighted by Crippen LogP contribution is 2.40. The highest BCUT2D eigenvalue weighted by Gasteiger charge is 2.44. The minimum atomic E-state index is -3.46. The van der Waals surface area contributed by atoms with E-state index in [1.54, 1.807) is 4.90 Å². The number of sulfonamides is 1. The van der Waals surface area contributed by atoms with Crippen molar-refractivity contribution in [3.8, 4) is 0 Å². The molecule has 0 saturated heterocycles. The number of carbonyl (C=O) groups is 3. The van der Waals surface area contributed by atoms with E-state index >= 15 is 0 Å². The average molecular weight is 502 g/mol. The van der Waals surface area contributed by atoms with Crippen LogP contribution in [0.3, 0.4) is 0 Å². The van der Waals surface area contributed by atoms with Crippen molar-refractivity contribution in [3.63, 3.8) is 0 Å². The Morgan fingerprint density at radius 3 is 2.49 bits per heavy atom. The van der Waals surface area contributed by atoms with Gasteiger partial charge < -0.3 is 10.6 Å². The predicted molar refractivity (Wildman–Crippen MR) is 132 cm³/mol. The first kappa shape index (κ1) is 25.4. The fraction of sp³-hybridized carbons (Fsp3) is 0.577. The molecule has 0 radical (unpaired) electrons. The van der Waals surface area contributed by atoms with Crippen molar-refractivity contribution in [1.82, 2.24) is 9.62 Å². The normalized spacial score (nSPS) is 23.7. The molecular formula is C26H35N3O5S. The van der Waals surface area contributed by atoms with E-state index in [4.69, 9.17) is 5.73 Å². The molecule has 35 heavy (non-hydrogen) atoms. The number of nitrogens with zero attached hydrogens (tertiary/aromatic N) is 1. The molecule has 3 amide bonds. The maximum atomic E-state index is 12.8. The molecule has 2 fully saturated rings. The van der Waals surface area contributed by atoms with Crippen LogP contribution in [0.5, 0.6) is 0 Å². The Hall–Kier alpha value is -2.68. The Balaban J connectivity index is 1.09. The smallest absolute Gasteiger partial charge is 0.240 e. The van der Waals surface area contributed by atoms with Gasteiger partial charge in [-0.15, -0.1) is 0 Å². The van der Waals surface area contributed by atoms with Gasteiger partial charge in [0.2, 0.25) is 27.7 Å². The lowest BCUT2D eigenvalue weighted by Crippen LogP contribution is -2.51. The third-order valence-corrected chi connectivity index (χ3v) is 9.01. The summed E-state index contributed by atoms with van der Waals surface area (Å²) in [6.07, 6.45) is 11.6. The van der Waals surface area contributed by atoms with E-state index in [1.165, 1.54) is 0 Å². The third kappa shape index (κ3) is 6.72. The zero-order valence-electron chi connectivity index (χ0n) is 20.0. The second-order valence-corrected chi connectivity index (χ2v) is 12.0. The molecule has 1 aromatic rings. The number of primary amides is 1. The summed E-state index contributed by atoms with van der Waals surface area (Å²) in [5.74, 6) is -0.942. The standard InChI is InChI=1S/C26H35N3O5S/c27-25(31)23-16-18-9-7-8-11-20(18)17-29(23)24(30)12-6-4-2-1-3-5-10-19-15-22(19)26(32)28-35(33,34)21-13-14-21/h5,7-11,19,21-23H,1-4,6,12-17H2,(H2,27,31)(H,28,32)/b10-5-/t19-,22+,23?/m1/s1. The number of hydrogen-bond donors (Lipinski definition) is 2. The van der Waals surface area contributed by atoms with Gasteiger partial charge in [0.25, 0.3) is 0 Å². The number of allylic oxidation sites excluding steroid dienone is 2. The summed E-state index contributed by atoms with van der Waals surface area (Å²) in [7, 11) is -3.46. The SMILES string of the molecule is NC(=O)C1Cc2ccccc2CN1C(=O)CCCCCC/C=C\[C@@H]1C[C@@H]1C(=O)NS(=O)(=O)C1CC1. The number of nitrogens with two attached hydrogens (primary N) is 1. The lowest BCUT2D eigenvalue weighted by molar-refractivity contribution is -0.140.